The van der Waals surface area contributed by atoms with E-state index in [1.807, 2.05) is 0 Å². The van der Waals surface area contributed by atoms with E-state index in [2.05, 4.69) is 19.9 Å². The van der Waals surface area contributed by atoms with Crippen LogP contribution in [0.4, 0.5) is 5.69 Å². The molecule has 0 unspecified atom stereocenters. The quantitative estimate of drug-likeness (QED) is 0.717. The lowest BCUT2D eigenvalue weighted by molar-refractivity contribution is 0.278. The van der Waals surface area contributed by atoms with Crippen molar-refractivity contribution in [3.8, 4) is 0 Å². The summed E-state index contributed by atoms with van der Waals surface area (Å²) in [6, 6.07) is 3.04. The highest BCUT2D eigenvalue weighted by atomic mass is 32.2. The maximum Gasteiger partial charge on any atom is 0.279 e. The Balaban J connectivity index is 2.32. The van der Waals surface area contributed by atoms with Crippen LogP contribution in [0.15, 0.2) is 35.7 Å². The third-order valence-corrected chi connectivity index (χ3v) is 3.45. The fourth-order valence-corrected chi connectivity index (χ4v) is 2.45. The number of nitrogens with zero attached hydrogens (tertiary/aromatic N) is 2. The molecule has 0 saturated carbocycles. The van der Waals surface area contributed by atoms with E-state index in [0.717, 1.165) is 0 Å². The lowest BCUT2D eigenvalue weighted by atomic mass is 10.4. The van der Waals surface area contributed by atoms with Crippen LogP contribution in [0.3, 0.4) is 0 Å². The van der Waals surface area contributed by atoms with E-state index >= 15 is 0 Å². The van der Waals surface area contributed by atoms with Gasteiger partial charge in [-0.25, -0.2) is 0 Å². The summed E-state index contributed by atoms with van der Waals surface area (Å²) in [6.45, 7) is -0.400. The van der Waals surface area contributed by atoms with Gasteiger partial charge in [0, 0.05) is 18.0 Å². The van der Waals surface area contributed by atoms with Gasteiger partial charge in [-0.3, -0.25) is 14.8 Å². The monoisotopic (exact) mass is 254 g/mol. The van der Waals surface area contributed by atoms with E-state index in [4.69, 9.17) is 5.11 Å². The molecule has 0 atom stereocenters. The first-order chi connectivity index (χ1) is 8.13. The van der Waals surface area contributed by atoms with E-state index in [1.165, 1.54) is 30.7 Å². The number of H-pyrrole nitrogens is 1. The first-order valence-electron chi connectivity index (χ1n) is 4.69. The summed E-state index contributed by atoms with van der Waals surface area (Å²) in [7, 11) is -3.77. The second-order valence-electron chi connectivity index (χ2n) is 3.22. The maximum atomic E-state index is 11.9. The first-order valence-corrected chi connectivity index (χ1v) is 6.18. The fraction of sp³-hybridized carbons (Fsp3) is 0.111. The standard InChI is InChI=1S/C9H10N4O3S/c14-6-7-5-11-12-9(7)17(15,16)13-8-1-3-10-4-2-8/h1-5,14H,6H2,(H,10,13)(H,11,12). The molecule has 0 spiro atoms. The van der Waals surface area contributed by atoms with Crippen LogP contribution in [-0.2, 0) is 16.6 Å². The molecule has 2 aromatic rings. The van der Waals surface area contributed by atoms with Crippen LogP contribution in [0.2, 0.25) is 0 Å². The highest BCUT2D eigenvalue weighted by molar-refractivity contribution is 7.92. The maximum absolute atomic E-state index is 11.9. The van der Waals surface area contributed by atoms with E-state index in [-0.39, 0.29) is 10.6 Å². The van der Waals surface area contributed by atoms with Crippen molar-refractivity contribution in [1.29, 1.82) is 0 Å². The molecule has 0 aliphatic heterocycles. The zero-order valence-electron chi connectivity index (χ0n) is 8.66. The van der Waals surface area contributed by atoms with Crippen LogP contribution in [0, 0.1) is 0 Å². The van der Waals surface area contributed by atoms with Crippen LogP contribution < -0.4 is 4.72 Å². The van der Waals surface area contributed by atoms with Crippen molar-refractivity contribution in [3.63, 3.8) is 0 Å². The van der Waals surface area contributed by atoms with Gasteiger partial charge >= 0.3 is 0 Å². The van der Waals surface area contributed by atoms with Gasteiger partial charge in [0.25, 0.3) is 10.0 Å². The molecule has 0 aliphatic rings. The van der Waals surface area contributed by atoms with Gasteiger partial charge < -0.3 is 5.11 Å². The van der Waals surface area contributed by atoms with Gasteiger partial charge in [0.1, 0.15) is 0 Å². The highest BCUT2D eigenvalue weighted by Gasteiger charge is 2.20. The molecule has 2 aromatic heterocycles. The number of aliphatic hydroxyl groups is 1. The Kier molecular flexibility index (Phi) is 3.07. The van der Waals surface area contributed by atoms with Crippen LogP contribution >= 0.6 is 0 Å². The SMILES string of the molecule is O=S(=O)(Nc1ccncc1)c1[nH]ncc1CO. The second-order valence-corrected chi connectivity index (χ2v) is 4.84. The molecule has 0 aromatic carbocycles. The molecule has 0 radical (unpaired) electrons. The van der Waals surface area contributed by atoms with Crippen LogP contribution in [0.5, 0.6) is 0 Å². The molecule has 0 saturated heterocycles. The average Bonchev–Trinajstić information content (AvgIpc) is 2.78. The topological polar surface area (TPSA) is 108 Å². The number of sulfonamides is 1. The Morgan fingerprint density at radius 3 is 2.71 bits per heavy atom. The summed E-state index contributed by atoms with van der Waals surface area (Å²) >= 11 is 0. The zero-order chi connectivity index (χ0) is 12.3. The molecule has 90 valence electrons. The van der Waals surface area contributed by atoms with Gasteiger partial charge in [-0.1, -0.05) is 0 Å². The Bertz CT molecular complexity index is 594. The molecule has 0 aliphatic carbocycles. The zero-order valence-corrected chi connectivity index (χ0v) is 9.48. The van der Waals surface area contributed by atoms with Gasteiger partial charge in [-0.2, -0.15) is 13.5 Å². The van der Waals surface area contributed by atoms with Gasteiger partial charge in [0.15, 0.2) is 5.03 Å². The van der Waals surface area contributed by atoms with Crippen LogP contribution in [-0.4, -0.2) is 28.7 Å². The number of aromatic amines is 1. The molecular weight excluding hydrogens is 244 g/mol. The number of hydrogen-bond acceptors (Lipinski definition) is 5. The lowest BCUT2D eigenvalue weighted by Gasteiger charge is -2.06. The number of pyridine rings is 1. The van der Waals surface area contributed by atoms with E-state index < -0.39 is 16.6 Å². The Morgan fingerprint density at radius 2 is 2.06 bits per heavy atom. The van der Waals surface area contributed by atoms with E-state index in [0.29, 0.717) is 5.69 Å². The van der Waals surface area contributed by atoms with Crippen LogP contribution in [0.1, 0.15) is 5.56 Å². The minimum Gasteiger partial charge on any atom is -0.392 e. The van der Waals surface area contributed by atoms with Gasteiger partial charge in [-0.05, 0) is 12.1 Å². The number of aliphatic hydroxyl groups excluding tert-OH is 1. The van der Waals surface area contributed by atoms with Crippen molar-refractivity contribution in [2.45, 2.75) is 11.6 Å². The molecule has 7 nitrogen and oxygen atoms in total. The third kappa shape index (κ3) is 2.43. The summed E-state index contributed by atoms with van der Waals surface area (Å²) in [5, 5.41) is 14.8. The molecule has 0 amide bonds. The summed E-state index contributed by atoms with van der Waals surface area (Å²) in [6.07, 6.45) is 4.21. The Hall–Kier alpha value is -1.93. The summed E-state index contributed by atoms with van der Waals surface area (Å²) in [5.74, 6) is 0. The van der Waals surface area contributed by atoms with Crippen LogP contribution in [0.25, 0.3) is 0 Å². The predicted octanol–water partition coefficient (Wildman–Crippen LogP) is 0.0978. The molecule has 2 rings (SSSR count). The number of aromatic nitrogens is 3. The number of hydrogen-bond donors (Lipinski definition) is 3. The van der Waals surface area contributed by atoms with E-state index in [9.17, 15) is 8.42 Å². The lowest BCUT2D eigenvalue weighted by Crippen LogP contribution is -2.15. The Labute approximate surface area is 97.6 Å². The van der Waals surface area contributed by atoms with Crippen molar-refractivity contribution in [1.82, 2.24) is 15.2 Å². The molecule has 3 N–H and O–H groups in total. The van der Waals surface area contributed by atoms with E-state index in [1.54, 1.807) is 0 Å². The molecule has 0 bridgehead atoms. The van der Waals surface area contributed by atoms with Crippen molar-refractivity contribution >= 4 is 15.7 Å². The molecule has 17 heavy (non-hydrogen) atoms. The third-order valence-electron chi connectivity index (χ3n) is 2.05. The molecule has 0 fully saturated rings. The van der Waals surface area contributed by atoms with Crippen molar-refractivity contribution in [3.05, 3.63) is 36.3 Å². The minimum absolute atomic E-state index is 0.142. The predicted molar refractivity (Wildman–Crippen MR) is 59.6 cm³/mol. The fourth-order valence-electron chi connectivity index (χ4n) is 1.27. The number of anilines is 1. The molecular formula is C9H10N4O3S. The first kappa shape index (κ1) is 11.6. The smallest absolute Gasteiger partial charge is 0.279 e. The second kappa shape index (κ2) is 4.52. The molecule has 8 heteroatoms. The normalized spacial score (nSPS) is 11.4. The van der Waals surface area contributed by atoms with Gasteiger partial charge in [-0.15, -0.1) is 0 Å². The highest BCUT2D eigenvalue weighted by Crippen LogP contribution is 2.16. The number of rotatable bonds is 4. The Morgan fingerprint density at radius 1 is 1.35 bits per heavy atom. The largest absolute Gasteiger partial charge is 0.392 e. The summed E-state index contributed by atoms with van der Waals surface area (Å²) < 4.78 is 26.2. The van der Waals surface area contributed by atoms with Crippen molar-refractivity contribution in [2.24, 2.45) is 0 Å². The summed E-state index contributed by atoms with van der Waals surface area (Å²) in [4.78, 5) is 3.78. The van der Waals surface area contributed by atoms with Crippen molar-refractivity contribution < 1.29 is 13.5 Å². The van der Waals surface area contributed by atoms with Gasteiger partial charge in [0.2, 0.25) is 0 Å². The molecule has 2 heterocycles. The van der Waals surface area contributed by atoms with Crippen molar-refractivity contribution in [2.75, 3.05) is 4.72 Å². The minimum atomic E-state index is -3.77. The van der Waals surface area contributed by atoms with Gasteiger partial charge in [0.05, 0.1) is 18.5 Å². The average molecular weight is 254 g/mol. The number of nitrogens with one attached hydrogen (secondary N) is 2. The summed E-state index contributed by atoms with van der Waals surface area (Å²) in [5.41, 5.74) is 0.602.